The fraction of sp³-hybridized carbons (Fsp3) is 0.478. The van der Waals surface area contributed by atoms with Gasteiger partial charge in [-0.25, -0.2) is 0 Å². The van der Waals surface area contributed by atoms with Crippen LogP contribution >= 0.6 is 0 Å². The second-order valence-corrected chi connectivity index (χ2v) is 26.8. The van der Waals surface area contributed by atoms with Crippen LogP contribution in [0.4, 0.5) is 17.1 Å². The van der Waals surface area contributed by atoms with Crippen LogP contribution in [0, 0.1) is 30.3 Å². The van der Waals surface area contributed by atoms with Crippen LogP contribution in [0.5, 0.6) is 34.5 Å². The molecular weight excluding hydrogens is 1100 g/mol. The molecule has 0 saturated carbocycles. The molecule has 0 N–H and O–H groups in total. The van der Waals surface area contributed by atoms with Gasteiger partial charge in [0.25, 0.3) is 17.1 Å². The van der Waals surface area contributed by atoms with Crippen LogP contribution < -0.4 is 28.4 Å². The number of non-ortho nitro benzene ring substituents is 3. The second kappa shape index (κ2) is 27.5. The van der Waals surface area contributed by atoms with Crippen molar-refractivity contribution in [1.29, 1.82) is 0 Å². The third-order valence-corrected chi connectivity index (χ3v) is 15.9. The number of nitro groups is 3. The summed E-state index contributed by atoms with van der Waals surface area (Å²) in [6.07, 6.45) is 0.838. The lowest BCUT2D eigenvalue weighted by atomic mass is 9.81. The van der Waals surface area contributed by atoms with Crippen molar-refractivity contribution in [3.05, 3.63) is 187 Å². The zero-order valence-corrected chi connectivity index (χ0v) is 54.5. The molecule has 7 rings (SSSR count). The Morgan fingerprint density at radius 1 is 0.333 bits per heavy atom. The first-order valence-electron chi connectivity index (χ1n) is 29.6. The van der Waals surface area contributed by atoms with Crippen molar-refractivity contribution in [2.45, 2.75) is 117 Å². The van der Waals surface area contributed by atoms with Crippen LogP contribution in [0.3, 0.4) is 0 Å². The number of hydrogen-bond donors (Lipinski definition) is 0. The number of fused-ring (bicyclic) bond motifs is 12. The lowest BCUT2D eigenvalue weighted by Crippen LogP contribution is -2.21. The highest BCUT2D eigenvalue weighted by atomic mass is 16.6. The van der Waals surface area contributed by atoms with Gasteiger partial charge in [-0.15, -0.1) is 0 Å². The first-order chi connectivity index (χ1) is 40.8. The van der Waals surface area contributed by atoms with Gasteiger partial charge in [-0.1, -0.05) is 98.7 Å². The highest BCUT2D eigenvalue weighted by molar-refractivity contribution is 5.63. The Morgan fingerprint density at radius 3 is 0.644 bits per heavy atom. The monoisotopic (exact) mass is 1190 g/mol. The summed E-state index contributed by atoms with van der Waals surface area (Å²) in [5.41, 5.74) is 8.84. The maximum atomic E-state index is 13.2. The molecule has 18 nitrogen and oxygen atoms in total. The molecular formula is C69H90N6O12. The van der Waals surface area contributed by atoms with Gasteiger partial charge in [0.1, 0.15) is 54.3 Å². The number of benzene rings is 6. The Hall–Kier alpha value is -7.80. The van der Waals surface area contributed by atoms with E-state index >= 15 is 0 Å². The van der Waals surface area contributed by atoms with Gasteiger partial charge in [0.15, 0.2) is 0 Å². The quantitative estimate of drug-likeness (QED) is 0.0581. The van der Waals surface area contributed by atoms with Crippen molar-refractivity contribution in [2.75, 3.05) is 103 Å². The molecule has 0 fully saturated rings. The van der Waals surface area contributed by atoms with Crippen LogP contribution in [0.25, 0.3) is 0 Å². The van der Waals surface area contributed by atoms with E-state index in [4.69, 9.17) is 28.4 Å². The minimum Gasteiger partial charge on any atom is -0.496 e. The predicted octanol–water partition coefficient (Wildman–Crippen LogP) is 13.0. The maximum absolute atomic E-state index is 13.2. The number of methoxy groups -OCH3 is 3. The number of likely N-dealkylation sites (N-methyl/N-ethyl adjacent to an activating group) is 3. The zero-order valence-electron chi connectivity index (χ0n) is 54.5. The van der Waals surface area contributed by atoms with E-state index in [1.165, 1.54) is 0 Å². The molecule has 18 heteroatoms. The van der Waals surface area contributed by atoms with Gasteiger partial charge >= 0.3 is 0 Å². The Bertz CT molecular complexity index is 3010. The van der Waals surface area contributed by atoms with E-state index in [1.807, 2.05) is 57.0 Å². The standard InChI is InChI=1S/C69H90N6O12/c1-67(2,3)55-31-43-25-49-37-58(73(76)77)39-51(61(49)82-16)27-45-33-56(68(4,5)6)35-47(65(45)86-23-20-71(12)13)29-53-41-60(75(80)81)42-54(63(53)84-18)30-48-36-57(69(7,8)9)34-46(66(48)87-24-21-72(14)15)28-52-40-59(74(78)79)38-50(62(52)83-17)26-44(32-55)64(43)85-22-19-70(10)11/h31-42H,19-30H2,1-18H3. The molecule has 1 aliphatic carbocycles. The minimum atomic E-state index is -0.420. The summed E-state index contributed by atoms with van der Waals surface area (Å²) < 4.78 is 40.0. The molecule has 0 amide bonds. The Kier molecular flexibility index (Phi) is 21.1. The van der Waals surface area contributed by atoms with Crippen molar-refractivity contribution in [3.8, 4) is 34.5 Å². The first-order valence-corrected chi connectivity index (χ1v) is 29.6. The summed E-state index contributed by atoms with van der Waals surface area (Å²) in [6.45, 7) is 21.6. The molecule has 0 unspecified atom stereocenters. The highest BCUT2D eigenvalue weighted by Crippen LogP contribution is 2.45. The molecule has 6 aromatic carbocycles. The summed E-state index contributed by atoms with van der Waals surface area (Å²) in [4.78, 5) is 44.5. The van der Waals surface area contributed by atoms with Gasteiger partial charge in [-0.05, 0) is 109 Å². The molecule has 87 heavy (non-hydrogen) atoms. The topological polar surface area (TPSA) is 195 Å². The summed E-state index contributed by atoms with van der Waals surface area (Å²) in [5.74, 6) is 2.95. The zero-order chi connectivity index (χ0) is 64.0. The third kappa shape index (κ3) is 16.4. The molecule has 0 atom stereocenters. The SMILES string of the molecule is COc1c2cc([N+](=O)[O-])cc1Cc1cc(C(C)(C)C)cc(c1OCCN(C)C)Cc1cc([N+](=O)[O-])cc(c1OC)Cc1cc(C(C)(C)C)cc(c1OCCN(C)C)Cc1cc([N+](=O)[O-])cc(c1OC)Cc1cc(C(C)(C)C)cc(c1OCCN(C)C)C2. The number of nitrogens with zero attached hydrogens (tertiary/aromatic N) is 6. The van der Waals surface area contributed by atoms with E-state index in [0.717, 1.165) is 50.1 Å². The normalized spacial score (nSPS) is 13.1. The number of ether oxygens (including phenoxy) is 6. The molecule has 0 radical (unpaired) electrons. The van der Waals surface area contributed by atoms with Gasteiger partial charge in [-0.2, -0.15) is 0 Å². The molecule has 6 aromatic rings. The molecule has 0 saturated heterocycles. The molecule has 0 aliphatic heterocycles. The fourth-order valence-corrected chi connectivity index (χ4v) is 11.2. The van der Waals surface area contributed by atoms with E-state index in [9.17, 15) is 30.3 Å². The highest BCUT2D eigenvalue weighted by Gasteiger charge is 2.31. The summed E-state index contributed by atoms with van der Waals surface area (Å²) in [6, 6.07) is 21.9. The molecule has 1 aliphatic rings. The van der Waals surface area contributed by atoms with Gasteiger partial charge in [0, 0.05) is 128 Å². The average molecular weight is 1200 g/mol. The van der Waals surface area contributed by atoms with Crippen molar-refractivity contribution >= 4 is 17.1 Å². The average Bonchev–Trinajstić information content (AvgIpc) is 3.48. The van der Waals surface area contributed by atoms with Crippen molar-refractivity contribution in [1.82, 2.24) is 14.7 Å². The van der Waals surface area contributed by atoms with Gasteiger partial charge in [-0.3, -0.25) is 30.3 Å². The third-order valence-electron chi connectivity index (χ3n) is 15.9. The Labute approximate surface area is 514 Å². The number of nitro benzene ring substituents is 3. The fourth-order valence-electron chi connectivity index (χ4n) is 11.2. The Morgan fingerprint density at radius 2 is 0.506 bits per heavy atom. The second-order valence-electron chi connectivity index (χ2n) is 26.8. The van der Waals surface area contributed by atoms with Gasteiger partial charge in [0.2, 0.25) is 0 Å². The molecule has 12 bridgehead atoms. The Balaban J connectivity index is 1.68. The van der Waals surface area contributed by atoms with Crippen LogP contribution in [0.2, 0.25) is 0 Å². The van der Waals surface area contributed by atoms with E-state index in [2.05, 4.69) is 98.7 Å². The van der Waals surface area contributed by atoms with Crippen LogP contribution in [-0.2, 0) is 54.8 Å². The van der Waals surface area contributed by atoms with Crippen LogP contribution in [0.1, 0.15) is 146 Å². The summed E-state index contributed by atoms with van der Waals surface area (Å²) >= 11 is 0. The largest absolute Gasteiger partial charge is 0.496 e. The van der Waals surface area contributed by atoms with Crippen molar-refractivity contribution in [2.24, 2.45) is 0 Å². The van der Waals surface area contributed by atoms with Crippen molar-refractivity contribution in [3.63, 3.8) is 0 Å². The smallest absolute Gasteiger partial charge is 0.270 e. The lowest BCUT2D eigenvalue weighted by molar-refractivity contribution is -0.385. The van der Waals surface area contributed by atoms with Crippen LogP contribution in [-0.4, -0.2) is 133 Å². The molecule has 0 aromatic heterocycles. The van der Waals surface area contributed by atoms with E-state index < -0.39 is 31.0 Å². The van der Waals surface area contributed by atoms with E-state index in [0.29, 0.717) is 87.5 Å². The summed E-state index contributed by atoms with van der Waals surface area (Å²) in [5, 5.41) is 39.7. The maximum Gasteiger partial charge on any atom is 0.270 e. The number of hydrogen-bond acceptors (Lipinski definition) is 15. The van der Waals surface area contributed by atoms with E-state index in [1.54, 1.807) is 57.7 Å². The van der Waals surface area contributed by atoms with Crippen LogP contribution in [0.15, 0.2) is 72.8 Å². The van der Waals surface area contributed by atoms with Crippen molar-refractivity contribution < 1.29 is 43.2 Å². The predicted molar refractivity (Wildman–Crippen MR) is 343 cm³/mol. The number of rotatable bonds is 18. The van der Waals surface area contributed by atoms with Gasteiger partial charge < -0.3 is 43.1 Å². The summed E-state index contributed by atoms with van der Waals surface area (Å²) in [7, 11) is 16.5. The molecule has 0 spiro atoms. The molecule has 0 heterocycles. The first kappa shape index (κ1) is 66.7. The van der Waals surface area contributed by atoms with Gasteiger partial charge in [0.05, 0.1) is 36.1 Å². The molecule has 468 valence electrons. The van der Waals surface area contributed by atoms with E-state index in [-0.39, 0.29) is 75.4 Å². The lowest BCUT2D eigenvalue weighted by Gasteiger charge is -2.27. The minimum absolute atomic E-state index is 0.139.